The first kappa shape index (κ1) is 13.5. The second kappa shape index (κ2) is 5.79. The molecule has 2 N–H and O–H groups in total. The minimum Gasteiger partial charge on any atom is -0.325 e. The largest absolute Gasteiger partial charge is 0.325 e. The number of carbonyl (C=O) groups excluding carboxylic acids is 1. The molecule has 2 aromatic rings. The van der Waals surface area contributed by atoms with Crippen molar-refractivity contribution in [2.45, 2.75) is 11.8 Å². The number of hydrogen-bond donors (Lipinski definition) is 2. The van der Waals surface area contributed by atoms with Crippen LogP contribution < -0.4 is 10.9 Å². The molecular weight excluding hydrogens is 310 g/mol. The molecule has 0 aliphatic heterocycles. The van der Waals surface area contributed by atoms with E-state index in [9.17, 15) is 9.59 Å². The lowest BCUT2D eigenvalue weighted by atomic mass is 10.1. The molecule has 0 spiro atoms. The number of anilines is 1. The van der Waals surface area contributed by atoms with Crippen molar-refractivity contribution in [2.75, 3.05) is 5.32 Å². The number of nitrogens with one attached hydrogen (secondary N) is 2. The lowest BCUT2D eigenvalue weighted by Gasteiger charge is -2.08. The van der Waals surface area contributed by atoms with Crippen LogP contribution in [0.4, 0.5) is 5.69 Å². The second-order valence-corrected chi connectivity index (χ2v) is 5.37. The fourth-order valence-electron chi connectivity index (χ4n) is 1.50. The maximum Gasteiger partial charge on any atom is 0.264 e. The van der Waals surface area contributed by atoms with E-state index in [4.69, 9.17) is 0 Å². The van der Waals surface area contributed by atoms with Gasteiger partial charge in [-0.15, -0.1) is 0 Å². The summed E-state index contributed by atoms with van der Waals surface area (Å²) in [5.41, 5.74) is 1.89. The van der Waals surface area contributed by atoms with Gasteiger partial charge in [0.2, 0.25) is 5.91 Å². The average molecular weight is 322 g/mol. The number of benzene rings is 1. The monoisotopic (exact) mass is 321 g/mol. The molecule has 1 atom stereocenters. The van der Waals surface area contributed by atoms with Crippen LogP contribution >= 0.6 is 15.9 Å². The van der Waals surface area contributed by atoms with Crippen molar-refractivity contribution in [1.82, 2.24) is 10.2 Å². The summed E-state index contributed by atoms with van der Waals surface area (Å²) in [5.74, 6) is -0.119. The van der Waals surface area contributed by atoms with Crippen molar-refractivity contribution in [1.29, 1.82) is 0 Å². The van der Waals surface area contributed by atoms with E-state index in [0.717, 1.165) is 5.56 Å². The van der Waals surface area contributed by atoms with E-state index >= 15 is 0 Å². The molecule has 1 heterocycles. The van der Waals surface area contributed by atoms with Crippen LogP contribution in [0.15, 0.2) is 41.2 Å². The third-order valence-corrected chi connectivity index (χ3v) is 2.88. The van der Waals surface area contributed by atoms with Crippen LogP contribution in [0.25, 0.3) is 11.3 Å². The fourth-order valence-corrected chi connectivity index (χ4v) is 1.62. The third kappa shape index (κ3) is 3.51. The van der Waals surface area contributed by atoms with Gasteiger partial charge >= 0.3 is 0 Å². The number of amides is 1. The predicted molar refractivity (Wildman–Crippen MR) is 77.3 cm³/mol. The Morgan fingerprint density at radius 2 is 2.16 bits per heavy atom. The summed E-state index contributed by atoms with van der Waals surface area (Å²) in [5, 5.41) is 9.10. The zero-order chi connectivity index (χ0) is 13.8. The molecule has 19 heavy (non-hydrogen) atoms. The Morgan fingerprint density at radius 3 is 2.79 bits per heavy atom. The molecule has 0 bridgehead atoms. The highest BCUT2D eigenvalue weighted by Gasteiger charge is 2.09. The lowest BCUT2D eigenvalue weighted by molar-refractivity contribution is -0.115. The summed E-state index contributed by atoms with van der Waals surface area (Å²) in [4.78, 5) is 22.3. The Hall–Kier alpha value is -1.95. The Kier molecular flexibility index (Phi) is 4.11. The van der Waals surface area contributed by atoms with Gasteiger partial charge in [-0.3, -0.25) is 9.59 Å². The van der Waals surface area contributed by atoms with Gasteiger partial charge in [-0.05, 0) is 25.1 Å². The quantitative estimate of drug-likeness (QED) is 0.851. The Balaban J connectivity index is 2.26. The average Bonchev–Trinajstić information content (AvgIpc) is 2.39. The number of H-pyrrole nitrogens is 1. The van der Waals surface area contributed by atoms with Crippen LogP contribution in [0.1, 0.15) is 6.92 Å². The zero-order valence-electron chi connectivity index (χ0n) is 10.2. The van der Waals surface area contributed by atoms with E-state index in [-0.39, 0.29) is 16.3 Å². The van der Waals surface area contributed by atoms with Crippen LogP contribution in [0.3, 0.4) is 0 Å². The van der Waals surface area contributed by atoms with E-state index in [1.54, 1.807) is 25.1 Å². The molecule has 1 unspecified atom stereocenters. The number of nitrogens with zero attached hydrogens (tertiary/aromatic N) is 1. The van der Waals surface area contributed by atoms with Crippen molar-refractivity contribution < 1.29 is 4.79 Å². The third-order valence-electron chi connectivity index (χ3n) is 2.47. The van der Waals surface area contributed by atoms with Gasteiger partial charge in [0.05, 0.1) is 10.5 Å². The first-order valence-corrected chi connectivity index (χ1v) is 6.59. The van der Waals surface area contributed by atoms with Gasteiger partial charge in [0, 0.05) is 17.3 Å². The summed E-state index contributed by atoms with van der Waals surface area (Å²) < 4.78 is 0. The molecule has 6 heteroatoms. The highest BCUT2D eigenvalue weighted by atomic mass is 79.9. The fraction of sp³-hybridized carbons (Fsp3) is 0.154. The molecule has 0 radical (unpaired) electrons. The van der Waals surface area contributed by atoms with E-state index in [2.05, 4.69) is 31.4 Å². The topological polar surface area (TPSA) is 74.8 Å². The van der Waals surface area contributed by atoms with Crippen LogP contribution in [-0.2, 0) is 4.79 Å². The van der Waals surface area contributed by atoms with Crippen molar-refractivity contribution in [3.63, 3.8) is 0 Å². The maximum absolute atomic E-state index is 11.6. The molecule has 1 amide bonds. The van der Waals surface area contributed by atoms with Gasteiger partial charge in [-0.2, -0.15) is 5.10 Å². The van der Waals surface area contributed by atoms with Crippen LogP contribution in [0.5, 0.6) is 0 Å². The molecule has 0 saturated heterocycles. The minimum absolute atomic E-state index is 0.119. The van der Waals surface area contributed by atoms with E-state index in [1.165, 1.54) is 6.07 Å². The summed E-state index contributed by atoms with van der Waals surface area (Å²) in [7, 11) is 0. The number of alkyl halides is 1. The first-order valence-electron chi connectivity index (χ1n) is 5.67. The minimum atomic E-state index is -0.262. The Bertz CT molecular complexity index is 632. The van der Waals surface area contributed by atoms with Crippen molar-refractivity contribution >= 4 is 27.5 Å². The van der Waals surface area contributed by atoms with Gasteiger partial charge in [0.25, 0.3) is 5.56 Å². The van der Waals surface area contributed by atoms with E-state index in [0.29, 0.717) is 11.4 Å². The molecule has 0 fully saturated rings. The van der Waals surface area contributed by atoms with Crippen molar-refractivity contribution in [2.24, 2.45) is 0 Å². The smallest absolute Gasteiger partial charge is 0.264 e. The van der Waals surface area contributed by atoms with Crippen LogP contribution in [0, 0.1) is 0 Å². The van der Waals surface area contributed by atoms with Crippen molar-refractivity contribution in [3.8, 4) is 11.3 Å². The summed E-state index contributed by atoms with van der Waals surface area (Å²) in [6, 6.07) is 10.3. The van der Waals surface area contributed by atoms with Gasteiger partial charge in [0.1, 0.15) is 0 Å². The molecule has 1 aromatic heterocycles. The predicted octanol–water partition coefficient (Wildman–Crippen LogP) is 2.16. The van der Waals surface area contributed by atoms with E-state index < -0.39 is 0 Å². The molecule has 1 aromatic carbocycles. The van der Waals surface area contributed by atoms with Crippen LogP contribution in [0.2, 0.25) is 0 Å². The zero-order valence-corrected chi connectivity index (χ0v) is 11.8. The molecule has 2 rings (SSSR count). The summed E-state index contributed by atoms with van der Waals surface area (Å²) in [6.07, 6.45) is 0. The first-order chi connectivity index (χ1) is 9.06. The molecular formula is C13H12BrN3O2. The van der Waals surface area contributed by atoms with Gasteiger partial charge in [0.15, 0.2) is 0 Å². The maximum atomic E-state index is 11.6. The number of halogens is 1. The molecule has 98 valence electrons. The summed E-state index contributed by atoms with van der Waals surface area (Å²) in [6.45, 7) is 1.75. The second-order valence-electron chi connectivity index (χ2n) is 3.99. The highest BCUT2D eigenvalue weighted by molar-refractivity contribution is 9.10. The number of hydrogen-bond acceptors (Lipinski definition) is 3. The van der Waals surface area contributed by atoms with Crippen LogP contribution in [-0.4, -0.2) is 20.9 Å². The van der Waals surface area contributed by atoms with Gasteiger partial charge in [-0.1, -0.05) is 28.1 Å². The highest BCUT2D eigenvalue weighted by Crippen LogP contribution is 2.20. The molecule has 0 saturated carbocycles. The Morgan fingerprint density at radius 1 is 1.37 bits per heavy atom. The SMILES string of the molecule is CC(Br)C(=O)Nc1cccc(-c2ccc(=O)[nH]n2)c1. The van der Waals surface area contributed by atoms with Crippen molar-refractivity contribution in [3.05, 3.63) is 46.8 Å². The van der Waals surface area contributed by atoms with Gasteiger partial charge < -0.3 is 5.32 Å². The van der Waals surface area contributed by atoms with E-state index in [1.807, 2.05) is 12.1 Å². The number of rotatable bonds is 3. The molecule has 0 aliphatic rings. The molecule has 0 aliphatic carbocycles. The van der Waals surface area contributed by atoms with Gasteiger partial charge in [-0.25, -0.2) is 5.10 Å². The normalized spacial score (nSPS) is 11.9. The Labute approximate surface area is 118 Å². The summed E-state index contributed by atoms with van der Waals surface area (Å²) >= 11 is 3.20. The number of carbonyl (C=O) groups is 1. The standard InChI is InChI=1S/C13H12BrN3O2/c1-8(14)13(19)15-10-4-2-3-9(7-10)11-5-6-12(18)17-16-11/h2-8H,1H3,(H,15,19)(H,17,18). The lowest BCUT2D eigenvalue weighted by Crippen LogP contribution is -2.19. The number of aromatic nitrogens is 2. The number of aromatic amines is 1. The molecule has 5 nitrogen and oxygen atoms in total.